The van der Waals surface area contributed by atoms with Gasteiger partial charge < -0.3 is 10.1 Å². The van der Waals surface area contributed by atoms with Crippen LogP contribution in [0.4, 0.5) is 5.69 Å². The Morgan fingerprint density at radius 2 is 1.93 bits per heavy atom. The van der Waals surface area contributed by atoms with Crippen LogP contribution in [0.15, 0.2) is 47.4 Å². The van der Waals surface area contributed by atoms with E-state index in [1.807, 2.05) is 31.2 Å². The van der Waals surface area contributed by atoms with Crippen LogP contribution in [0, 0.1) is 0 Å². The van der Waals surface area contributed by atoms with Gasteiger partial charge >= 0.3 is 0 Å². The third-order valence-electron chi connectivity index (χ3n) is 3.87. The molecule has 0 atom stereocenters. The lowest BCUT2D eigenvalue weighted by atomic mass is 10.2. The zero-order valence-electron chi connectivity index (χ0n) is 15.3. The molecule has 2 aromatic rings. The first-order chi connectivity index (χ1) is 13.9. The van der Waals surface area contributed by atoms with E-state index in [0.29, 0.717) is 31.6 Å². The number of thiocarbonyl (C=S) groups is 1. The topological polar surface area (TPSA) is 58.6 Å². The lowest BCUT2D eigenvalue weighted by Gasteiger charge is -2.14. The number of amides is 2. The predicted molar refractivity (Wildman–Crippen MR) is 123 cm³/mol. The fourth-order valence-electron chi connectivity index (χ4n) is 2.53. The summed E-state index contributed by atoms with van der Waals surface area (Å²) >= 11 is 18.3. The molecule has 0 radical (unpaired) electrons. The second-order valence-corrected chi connectivity index (χ2v) is 8.44. The maximum absolute atomic E-state index is 12.7. The van der Waals surface area contributed by atoms with Crippen LogP contribution in [0.25, 0.3) is 6.08 Å². The molecule has 29 heavy (non-hydrogen) atoms. The number of carbonyl (C=O) groups excluding carboxylic acids is 2. The molecule has 1 saturated heterocycles. The zero-order chi connectivity index (χ0) is 21.0. The van der Waals surface area contributed by atoms with E-state index in [9.17, 15) is 9.59 Å². The molecule has 1 heterocycles. The number of benzene rings is 2. The number of hydrogen-bond donors (Lipinski definition) is 1. The number of nitrogens with zero attached hydrogens (tertiary/aromatic N) is 1. The number of anilines is 1. The summed E-state index contributed by atoms with van der Waals surface area (Å²) < 4.78 is 5.74. The zero-order valence-corrected chi connectivity index (χ0v) is 18.4. The lowest BCUT2D eigenvalue weighted by Crippen LogP contribution is -2.36. The van der Waals surface area contributed by atoms with Gasteiger partial charge in [-0.1, -0.05) is 59.3 Å². The molecule has 9 heteroatoms. The number of rotatable bonds is 6. The maximum Gasteiger partial charge on any atom is 0.266 e. The Kier molecular flexibility index (Phi) is 7.18. The minimum atomic E-state index is -0.387. The van der Waals surface area contributed by atoms with Crippen LogP contribution >= 0.6 is 47.2 Å². The predicted octanol–water partition coefficient (Wildman–Crippen LogP) is 5.23. The summed E-state index contributed by atoms with van der Waals surface area (Å²) in [4.78, 5) is 26.7. The standard InChI is InChI=1S/C20H16Cl2N2O3S2/c1-2-27-14-6-3-12(4-7-14)9-17-19(26)24(20(28)29-17)11-18(25)23-13-5-8-15(21)16(22)10-13/h3-10H,2,11H2,1H3,(H,23,25). The average Bonchev–Trinajstić information content (AvgIpc) is 2.94. The Bertz CT molecular complexity index is 994. The second kappa shape index (κ2) is 9.63. The highest BCUT2D eigenvalue weighted by atomic mass is 35.5. The molecular weight excluding hydrogens is 451 g/mol. The van der Waals surface area contributed by atoms with Gasteiger partial charge in [0, 0.05) is 5.69 Å². The number of carbonyl (C=O) groups is 2. The van der Waals surface area contributed by atoms with E-state index in [1.54, 1.807) is 18.2 Å². The number of thioether (sulfide) groups is 1. The number of nitrogens with one attached hydrogen (secondary N) is 1. The van der Waals surface area contributed by atoms with Gasteiger partial charge in [0.05, 0.1) is 21.6 Å². The van der Waals surface area contributed by atoms with Gasteiger partial charge in [0.15, 0.2) is 0 Å². The molecule has 0 saturated carbocycles. The summed E-state index contributed by atoms with van der Waals surface area (Å²) in [7, 11) is 0. The summed E-state index contributed by atoms with van der Waals surface area (Å²) in [5, 5.41) is 3.40. The first-order valence-electron chi connectivity index (χ1n) is 8.60. The van der Waals surface area contributed by atoms with Crippen LogP contribution in [0.3, 0.4) is 0 Å². The Morgan fingerprint density at radius 3 is 2.59 bits per heavy atom. The van der Waals surface area contributed by atoms with E-state index in [-0.39, 0.29) is 18.4 Å². The van der Waals surface area contributed by atoms with Crippen LogP contribution in [0.5, 0.6) is 5.75 Å². The van der Waals surface area contributed by atoms with Crippen molar-refractivity contribution in [2.24, 2.45) is 0 Å². The highest BCUT2D eigenvalue weighted by Crippen LogP contribution is 2.33. The van der Waals surface area contributed by atoms with Gasteiger partial charge in [-0.25, -0.2) is 0 Å². The van der Waals surface area contributed by atoms with Gasteiger partial charge in [-0.05, 0) is 48.9 Å². The normalized spacial score (nSPS) is 15.1. The van der Waals surface area contributed by atoms with Crippen molar-refractivity contribution in [3.8, 4) is 5.75 Å². The van der Waals surface area contributed by atoms with Crippen molar-refractivity contribution in [3.63, 3.8) is 0 Å². The molecule has 0 aromatic heterocycles. The van der Waals surface area contributed by atoms with Crippen molar-refractivity contribution in [1.29, 1.82) is 0 Å². The summed E-state index contributed by atoms with van der Waals surface area (Å²) in [6.45, 7) is 2.31. The number of halogens is 2. The van der Waals surface area contributed by atoms with Crippen LogP contribution in [0.1, 0.15) is 12.5 Å². The molecule has 0 aliphatic carbocycles. The van der Waals surface area contributed by atoms with E-state index in [0.717, 1.165) is 23.1 Å². The maximum atomic E-state index is 12.7. The van der Waals surface area contributed by atoms with Crippen molar-refractivity contribution in [3.05, 3.63) is 63.0 Å². The molecule has 0 unspecified atom stereocenters. The van der Waals surface area contributed by atoms with Crippen molar-refractivity contribution in [2.75, 3.05) is 18.5 Å². The third kappa shape index (κ3) is 5.51. The van der Waals surface area contributed by atoms with Crippen LogP contribution in [0.2, 0.25) is 10.0 Å². The smallest absolute Gasteiger partial charge is 0.266 e. The Morgan fingerprint density at radius 1 is 1.21 bits per heavy atom. The summed E-state index contributed by atoms with van der Waals surface area (Å²) in [5.41, 5.74) is 1.33. The minimum Gasteiger partial charge on any atom is -0.494 e. The fraction of sp³-hybridized carbons (Fsp3) is 0.150. The van der Waals surface area contributed by atoms with Crippen molar-refractivity contribution >= 4 is 75.1 Å². The first kappa shape index (κ1) is 21.6. The molecule has 1 aliphatic rings. The van der Waals surface area contributed by atoms with Crippen LogP contribution in [-0.2, 0) is 9.59 Å². The first-order valence-corrected chi connectivity index (χ1v) is 10.6. The number of hydrogen-bond acceptors (Lipinski definition) is 5. The second-order valence-electron chi connectivity index (χ2n) is 5.95. The molecule has 5 nitrogen and oxygen atoms in total. The summed E-state index contributed by atoms with van der Waals surface area (Å²) in [5.74, 6) is 0.0661. The molecular formula is C20H16Cl2N2O3S2. The highest BCUT2D eigenvalue weighted by Gasteiger charge is 2.33. The molecule has 1 N–H and O–H groups in total. The van der Waals surface area contributed by atoms with E-state index in [2.05, 4.69) is 5.32 Å². The van der Waals surface area contributed by atoms with Gasteiger partial charge in [-0.15, -0.1) is 0 Å². The van der Waals surface area contributed by atoms with Gasteiger partial charge in [-0.3, -0.25) is 14.5 Å². The summed E-state index contributed by atoms with van der Waals surface area (Å²) in [6.07, 6.45) is 1.74. The molecule has 2 aromatic carbocycles. The molecule has 0 bridgehead atoms. The fourth-order valence-corrected chi connectivity index (χ4v) is 4.09. The minimum absolute atomic E-state index is 0.189. The van der Waals surface area contributed by atoms with Crippen LogP contribution < -0.4 is 10.1 Å². The largest absolute Gasteiger partial charge is 0.494 e. The van der Waals surface area contributed by atoms with Gasteiger partial charge in [-0.2, -0.15) is 0 Å². The van der Waals surface area contributed by atoms with Crippen molar-refractivity contribution in [1.82, 2.24) is 4.90 Å². The molecule has 150 valence electrons. The monoisotopic (exact) mass is 466 g/mol. The Labute approximate surface area is 188 Å². The van der Waals surface area contributed by atoms with Crippen LogP contribution in [-0.4, -0.2) is 34.2 Å². The molecule has 1 aliphatic heterocycles. The van der Waals surface area contributed by atoms with Gasteiger partial charge in [0.1, 0.15) is 16.6 Å². The molecule has 1 fully saturated rings. The number of ether oxygens (including phenoxy) is 1. The average molecular weight is 467 g/mol. The lowest BCUT2D eigenvalue weighted by molar-refractivity contribution is -0.126. The Hall–Kier alpha value is -2.06. The third-order valence-corrected chi connectivity index (χ3v) is 5.98. The molecule has 0 spiro atoms. The van der Waals surface area contributed by atoms with Crippen molar-refractivity contribution < 1.29 is 14.3 Å². The van der Waals surface area contributed by atoms with E-state index < -0.39 is 0 Å². The van der Waals surface area contributed by atoms with E-state index in [1.165, 1.54) is 11.0 Å². The molecule has 2 amide bonds. The van der Waals surface area contributed by atoms with E-state index >= 15 is 0 Å². The van der Waals surface area contributed by atoms with E-state index in [4.69, 9.17) is 40.2 Å². The SMILES string of the molecule is CCOc1ccc(C=C2SC(=S)N(CC(=O)Nc3ccc(Cl)c(Cl)c3)C2=O)cc1. The van der Waals surface area contributed by atoms with Gasteiger partial charge in [0.2, 0.25) is 5.91 Å². The quantitative estimate of drug-likeness (QED) is 0.466. The highest BCUT2D eigenvalue weighted by molar-refractivity contribution is 8.26. The van der Waals surface area contributed by atoms with Gasteiger partial charge in [0.25, 0.3) is 5.91 Å². The Balaban J connectivity index is 1.66. The molecule has 3 rings (SSSR count). The van der Waals surface area contributed by atoms with Crippen molar-refractivity contribution in [2.45, 2.75) is 6.92 Å². The summed E-state index contributed by atoms with van der Waals surface area (Å²) in [6, 6.07) is 12.1.